The molecule has 0 radical (unpaired) electrons. The second kappa shape index (κ2) is 10.3. The molecule has 0 saturated heterocycles. The Kier molecular flexibility index (Phi) is 7.55. The van der Waals surface area contributed by atoms with Crippen molar-refractivity contribution in [3.63, 3.8) is 0 Å². The summed E-state index contributed by atoms with van der Waals surface area (Å²) in [5, 5.41) is 3.54. The highest BCUT2D eigenvalue weighted by atomic mass is 32.1. The van der Waals surface area contributed by atoms with Gasteiger partial charge in [-0.25, -0.2) is 0 Å². The molecule has 0 bridgehead atoms. The lowest BCUT2D eigenvalue weighted by atomic mass is 10.0. The molecule has 0 saturated carbocycles. The minimum atomic E-state index is -0.198. The van der Waals surface area contributed by atoms with Crippen molar-refractivity contribution in [1.82, 2.24) is 19.8 Å². The second-order valence-electron chi connectivity index (χ2n) is 7.25. The number of H-pyrrole nitrogens is 1. The summed E-state index contributed by atoms with van der Waals surface area (Å²) in [6.45, 7) is 10.5. The van der Waals surface area contributed by atoms with E-state index in [4.69, 9.17) is 12.2 Å². The van der Waals surface area contributed by atoms with Gasteiger partial charge in [-0.05, 0) is 49.1 Å². The van der Waals surface area contributed by atoms with Crippen molar-refractivity contribution in [2.75, 3.05) is 19.6 Å². The minimum Gasteiger partial charge on any atom is -0.350 e. The third-order valence-corrected chi connectivity index (χ3v) is 5.77. The Labute approximate surface area is 187 Å². The van der Waals surface area contributed by atoms with Crippen LogP contribution in [0.15, 0.2) is 66.0 Å². The predicted octanol–water partition coefficient (Wildman–Crippen LogP) is 4.06. The first kappa shape index (κ1) is 22.7. The highest BCUT2D eigenvalue weighted by Gasteiger charge is 2.19. The maximum atomic E-state index is 12.9. The number of nitrogens with zero attached hydrogens (tertiary/aromatic N) is 2. The predicted molar refractivity (Wildman–Crippen MR) is 128 cm³/mol. The van der Waals surface area contributed by atoms with E-state index in [0.29, 0.717) is 34.3 Å². The summed E-state index contributed by atoms with van der Waals surface area (Å²) >= 11 is 5.29. The van der Waals surface area contributed by atoms with E-state index < -0.39 is 0 Å². The van der Waals surface area contributed by atoms with Gasteiger partial charge in [0.1, 0.15) is 0 Å². The van der Waals surface area contributed by atoms with Crippen LogP contribution in [0, 0.1) is 4.77 Å². The third-order valence-electron chi connectivity index (χ3n) is 5.45. The third kappa shape index (κ3) is 5.00. The normalized spacial score (nSPS) is 12.1. The number of carbonyl (C=O) groups is 1. The maximum Gasteiger partial charge on any atom is 0.262 e. The van der Waals surface area contributed by atoms with Gasteiger partial charge in [0.2, 0.25) is 0 Å². The van der Waals surface area contributed by atoms with Crippen molar-refractivity contribution in [3.05, 3.63) is 87.4 Å². The first-order chi connectivity index (χ1) is 15.0. The summed E-state index contributed by atoms with van der Waals surface area (Å²) in [6.07, 6.45) is 1.62. The maximum absolute atomic E-state index is 12.9. The van der Waals surface area contributed by atoms with Crippen LogP contribution in [0.5, 0.6) is 0 Å². The zero-order chi connectivity index (χ0) is 22.4. The average Bonchev–Trinajstić information content (AvgIpc) is 2.79. The number of hydrogen-bond donors (Lipinski definition) is 2. The summed E-state index contributed by atoms with van der Waals surface area (Å²) in [7, 11) is 0. The number of allylic oxidation sites excluding steroid dienone is 1. The van der Waals surface area contributed by atoms with Gasteiger partial charge in [0.05, 0.1) is 16.9 Å². The molecule has 3 aromatic rings. The fraction of sp³-hybridized carbons (Fsp3) is 0.292. The standard InChI is InChI=1S/C24H28N4O2S/c1-4-14-28-23(30)19-13-12-18(15-20(19)26-24(28)31)22(29)25-16-21(27(5-2)6-3)17-10-8-7-9-11-17/h4,7-13,15,21H,1,5-6,14,16H2,2-3H3,(H,25,29)(H,26,31)/t21-/m1/s1. The zero-order valence-electron chi connectivity index (χ0n) is 17.9. The number of carbonyl (C=O) groups excluding carboxylic acids is 1. The quantitative estimate of drug-likeness (QED) is 0.392. The highest BCUT2D eigenvalue weighted by Crippen LogP contribution is 2.20. The highest BCUT2D eigenvalue weighted by molar-refractivity contribution is 7.71. The fourth-order valence-electron chi connectivity index (χ4n) is 3.78. The number of likely N-dealkylation sites (N-methyl/N-ethyl adjacent to an activating group) is 1. The van der Waals surface area contributed by atoms with E-state index in [0.717, 1.165) is 18.7 Å². The molecule has 0 fully saturated rings. The summed E-state index contributed by atoms with van der Waals surface area (Å²) in [6, 6.07) is 15.3. The van der Waals surface area contributed by atoms with Crippen molar-refractivity contribution < 1.29 is 4.79 Å². The number of hydrogen-bond acceptors (Lipinski definition) is 4. The Hall–Kier alpha value is -3.03. The molecular weight excluding hydrogens is 408 g/mol. The molecule has 1 amide bonds. The van der Waals surface area contributed by atoms with Crippen LogP contribution >= 0.6 is 12.2 Å². The SMILES string of the molecule is C=CCn1c(=S)[nH]c2cc(C(=O)NC[C@H](c3ccccc3)N(CC)CC)ccc2c1=O. The molecule has 1 aromatic heterocycles. The number of rotatable bonds is 9. The monoisotopic (exact) mass is 436 g/mol. The van der Waals surface area contributed by atoms with Crippen LogP contribution in [0.3, 0.4) is 0 Å². The molecule has 0 aliphatic rings. The number of fused-ring (bicyclic) bond motifs is 1. The van der Waals surface area contributed by atoms with Crippen LogP contribution in [-0.2, 0) is 6.54 Å². The van der Waals surface area contributed by atoms with Crippen LogP contribution in [0.2, 0.25) is 0 Å². The smallest absolute Gasteiger partial charge is 0.262 e. The van der Waals surface area contributed by atoms with Gasteiger partial charge >= 0.3 is 0 Å². The Morgan fingerprint density at radius 3 is 2.58 bits per heavy atom. The molecule has 0 unspecified atom stereocenters. The van der Waals surface area contributed by atoms with Crippen molar-refractivity contribution in [2.45, 2.75) is 26.4 Å². The second-order valence-corrected chi connectivity index (χ2v) is 7.64. The zero-order valence-corrected chi connectivity index (χ0v) is 18.7. The number of nitrogens with one attached hydrogen (secondary N) is 2. The van der Waals surface area contributed by atoms with Gasteiger partial charge < -0.3 is 10.3 Å². The molecule has 2 N–H and O–H groups in total. The van der Waals surface area contributed by atoms with Gasteiger partial charge in [-0.15, -0.1) is 6.58 Å². The first-order valence-electron chi connectivity index (χ1n) is 10.4. The molecule has 0 spiro atoms. The van der Waals surface area contributed by atoms with Gasteiger partial charge in [0.25, 0.3) is 11.5 Å². The Morgan fingerprint density at radius 2 is 1.94 bits per heavy atom. The summed E-state index contributed by atoms with van der Waals surface area (Å²) in [4.78, 5) is 30.9. The van der Waals surface area contributed by atoms with Gasteiger partial charge in [-0.1, -0.05) is 50.3 Å². The largest absolute Gasteiger partial charge is 0.350 e. The molecule has 2 aromatic carbocycles. The van der Waals surface area contributed by atoms with Crippen LogP contribution in [0.25, 0.3) is 10.9 Å². The lowest BCUT2D eigenvalue weighted by Crippen LogP contribution is -2.38. The summed E-state index contributed by atoms with van der Waals surface area (Å²) < 4.78 is 1.75. The molecular formula is C24H28N4O2S. The molecule has 1 atom stereocenters. The molecule has 162 valence electrons. The van der Waals surface area contributed by atoms with Crippen LogP contribution in [0.4, 0.5) is 0 Å². The number of benzene rings is 2. The average molecular weight is 437 g/mol. The number of aromatic amines is 1. The van der Waals surface area contributed by atoms with Crippen LogP contribution in [-0.4, -0.2) is 40.0 Å². The van der Waals surface area contributed by atoms with Crippen LogP contribution < -0.4 is 10.9 Å². The molecule has 0 aliphatic carbocycles. The molecule has 31 heavy (non-hydrogen) atoms. The number of amides is 1. The van der Waals surface area contributed by atoms with Crippen LogP contribution in [0.1, 0.15) is 35.8 Å². The van der Waals surface area contributed by atoms with Gasteiger partial charge in [0, 0.05) is 18.7 Å². The summed E-state index contributed by atoms with van der Waals surface area (Å²) in [5.41, 5.74) is 1.99. The topological polar surface area (TPSA) is 70.1 Å². The van der Waals surface area contributed by atoms with E-state index >= 15 is 0 Å². The van der Waals surface area contributed by atoms with Crippen molar-refractivity contribution in [3.8, 4) is 0 Å². The first-order valence-corrected chi connectivity index (χ1v) is 10.9. The van der Waals surface area contributed by atoms with E-state index in [1.165, 1.54) is 4.57 Å². The van der Waals surface area contributed by atoms with E-state index in [-0.39, 0.29) is 17.5 Å². The van der Waals surface area contributed by atoms with E-state index in [1.54, 1.807) is 24.3 Å². The van der Waals surface area contributed by atoms with Crippen molar-refractivity contribution >= 4 is 29.0 Å². The molecule has 3 rings (SSSR count). The molecule has 6 nitrogen and oxygen atoms in total. The Bertz CT molecular complexity index is 1180. The van der Waals surface area contributed by atoms with E-state index in [2.05, 4.69) is 47.8 Å². The molecule has 0 aliphatic heterocycles. The fourth-order valence-corrected chi connectivity index (χ4v) is 4.05. The van der Waals surface area contributed by atoms with Gasteiger partial charge in [-0.2, -0.15) is 0 Å². The van der Waals surface area contributed by atoms with E-state index in [1.807, 2.05) is 18.2 Å². The Morgan fingerprint density at radius 1 is 1.23 bits per heavy atom. The van der Waals surface area contributed by atoms with Crippen molar-refractivity contribution in [2.24, 2.45) is 0 Å². The number of aromatic nitrogens is 2. The molecule has 7 heteroatoms. The Balaban J connectivity index is 1.85. The lowest BCUT2D eigenvalue weighted by Gasteiger charge is -2.30. The lowest BCUT2D eigenvalue weighted by molar-refractivity contribution is 0.0935. The van der Waals surface area contributed by atoms with Gasteiger partial charge in [-0.3, -0.25) is 19.1 Å². The van der Waals surface area contributed by atoms with E-state index in [9.17, 15) is 9.59 Å². The van der Waals surface area contributed by atoms with Gasteiger partial charge in [0.15, 0.2) is 4.77 Å². The summed E-state index contributed by atoms with van der Waals surface area (Å²) in [5.74, 6) is -0.190. The molecule has 1 heterocycles. The van der Waals surface area contributed by atoms with Crippen molar-refractivity contribution in [1.29, 1.82) is 0 Å². The minimum absolute atomic E-state index is 0.0810.